The zero-order valence-corrected chi connectivity index (χ0v) is 12.3. The van der Waals surface area contributed by atoms with E-state index in [0.29, 0.717) is 6.04 Å². The average molecular weight is 276 g/mol. The molecule has 20 heavy (non-hydrogen) atoms. The van der Waals surface area contributed by atoms with Gasteiger partial charge in [-0.15, -0.1) is 0 Å². The molecular formula is C16H24N2O2. The Labute approximate surface area is 120 Å². The van der Waals surface area contributed by atoms with Gasteiger partial charge in [0.2, 0.25) is 0 Å². The predicted molar refractivity (Wildman–Crippen MR) is 79.0 cm³/mol. The van der Waals surface area contributed by atoms with Crippen LogP contribution < -0.4 is 10.5 Å². The first-order chi connectivity index (χ1) is 9.69. The highest BCUT2D eigenvalue weighted by Crippen LogP contribution is 2.32. The highest BCUT2D eigenvalue weighted by molar-refractivity contribution is 5.39. The molecule has 2 heterocycles. The van der Waals surface area contributed by atoms with E-state index in [9.17, 15) is 0 Å². The van der Waals surface area contributed by atoms with Crippen LogP contribution in [0.2, 0.25) is 0 Å². The number of morpholine rings is 1. The number of aryl methyl sites for hydroxylation is 1. The number of methoxy groups -OCH3 is 1. The van der Waals surface area contributed by atoms with Gasteiger partial charge >= 0.3 is 0 Å². The number of nitrogens with two attached hydrogens (primary N) is 1. The third kappa shape index (κ3) is 2.55. The third-order valence-electron chi connectivity index (χ3n) is 4.56. The maximum Gasteiger partial charge on any atom is 0.123 e. The van der Waals surface area contributed by atoms with Gasteiger partial charge in [0.25, 0.3) is 0 Å². The van der Waals surface area contributed by atoms with Crippen LogP contribution in [0.1, 0.15) is 30.0 Å². The molecule has 0 amide bonds. The van der Waals surface area contributed by atoms with Gasteiger partial charge in [-0.2, -0.15) is 0 Å². The van der Waals surface area contributed by atoms with Gasteiger partial charge in [0.15, 0.2) is 0 Å². The normalized spacial score (nSPS) is 28.1. The van der Waals surface area contributed by atoms with Gasteiger partial charge in [-0.3, -0.25) is 4.90 Å². The lowest BCUT2D eigenvalue weighted by Gasteiger charge is -2.38. The van der Waals surface area contributed by atoms with E-state index in [1.807, 2.05) is 12.1 Å². The van der Waals surface area contributed by atoms with E-state index in [2.05, 4.69) is 17.9 Å². The monoisotopic (exact) mass is 276 g/mol. The van der Waals surface area contributed by atoms with Crippen molar-refractivity contribution in [1.29, 1.82) is 0 Å². The number of fused-ring (bicyclic) bond motifs is 1. The summed E-state index contributed by atoms with van der Waals surface area (Å²) in [6, 6.07) is 6.63. The van der Waals surface area contributed by atoms with Gasteiger partial charge in [-0.1, -0.05) is 17.7 Å². The Morgan fingerprint density at radius 1 is 1.45 bits per heavy atom. The van der Waals surface area contributed by atoms with Crippen molar-refractivity contribution in [3.8, 4) is 5.75 Å². The molecule has 3 unspecified atom stereocenters. The van der Waals surface area contributed by atoms with E-state index < -0.39 is 0 Å². The molecule has 0 spiro atoms. The molecule has 0 aliphatic carbocycles. The zero-order chi connectivity index (χ0) is 14.1. The molecule has 2 aliphatic heterocycles. The summed E-state index contributed by atoms with van der Waals surface area (Å²) in [4.78, 5) is 2.52. The Hall–Kier alpha value is -1.10. The fourth-order valence-corrected chi connectivity index (χ4v) is 3.37. The maximum absolute atomic E-state index is 6.47. The highest BCUT2D eigenvalue weighted by atomic mass is 16.5. The van der Waals surface area contributed by atoms with Crippen molar-refractivity contribution in [3.05, 3.63) is 29.3 Å². The molecule has 4 nitrogen and oxygen atoms in total. The summed E-state index contributed by atoms with van der Waals surface area (Å²) >= 11 is 0. The first kappa shape index (κ1) is 13.9. The fourth-order valence-electron chi connectivity index (χ4n) is 3.37. The lowest BCUT2D eigenvalue weighted by molar-refractivity contribution is -0.0599. The van der Waals surface area contributed by atoms with Gasteiger partial charge in [-0.05, 0) is 32.4 Å². The van der Waals surface area contributed by atoms with E-state index in [1.165, 1.54) is 24.9 Å². The minimum absolute atomic E-state index is 0.0556. The van der Waals surface area contributed by atoms with Gasteiger partial charge in [0.1, 0.15) is 5.75 Å². The lowest BCUT2D eigenvalue weighted by Crippen LogP contribution is -2.49. The van der Waals surface area contributed by atoms with Crippen LogP contribution >= 0.6 is 0 Å². The second kappa shape index (κ2) is 5.72. The van der Waals surface area contributed by atoms with Crippen molar-refractivity contribution < 1.29 is 9.47 Å². The predicted octanol–water partition coefficient (Wildman–Crippen LogP) is 1.87. The second-order valence-electron chi connectivity index (χ2n) is 5.93. The van der Waals surface area contributed by atoms with Gasteiger partial charge in [0, 0.05) is 18.2 Å². The van der Waals surface area contributed by atoms with Crippen LogP contribution in [0.4, 0.5) is 0 Å². The number of hydrogen-bond acceptors (Lipinski definition) is 4. The van der Waals surface area contributed by atoms with Crippen molar-refractivity contribution in [1.82, 2.24) is 4.90 Å². The van der Waals surface area contributed by atoms with E-state index in [-0.39, 0.29) is 12.1 Å². The van der Waals surface area contributed by atoms with E-state index >= 15 is 0 Å². The van der Waals surface area contributed by atoms with Crippen molar-refractivity contribution >= 4 is 0 Å². The molecular weight excluding hydrogens is 252 g/mol. The molecule has 2 N–H and O–H groups in total. The maximum atomic E-state index is 6.47. The standard InChI is InChI=1S/C16H24N2O2/c1-11-5-6-14(19-2)13(8-11)16(17)15-9-18-7-3-4-12(18)10-20-15/h5-6,8,12,15-16H,3-4,7,9-10,17H2,1-2H3. The first-order valence-electron chi connectivity index (χ1n) is 7.45. The number of ether oxygens (including phenoxy) is 2. The minimum Gasteiger partial charge on any atom is -0.496 e. The van der Waals surface area contributed by atoms with Crippen LogP contribution in [-0.4, -0.2) is 43.9 Å². The molecule has 110 valence electrons. The van der Waals surface area contributed by atoms with Crippen LogP contribution in [0.25, 0.3) is 0 Å². The Morgan fingerprint density at radius 2 is 2.30 bits per heavy atom. The molecule has 1 aromatic carbocycles. The largest absolute Gasteiger partial charge is 0.496 e. The van der Waals surface area contributed by atoms with E-state index in [4.69, 9.17) is 15.2 Å². The molecule has 2 fully saturated rings. The van der Waals surface area contributed by atoms with Crippen LogP contribution in [0, 0.1) is 6.92 Å². The molecule has 0 bridgehead atoms. The summed E-state index contributed by atoms with van der Waals surface area (Å²) in [5.74, 6) is 0.857. The number of rotatable bonds is 3. The van der Waals surface area contributed by atoms with Crippen molar-refractivity contribution in [2.45, 2.75) is 38.0 Å². The quantitative estimate of drug-likeness (QED) is 0.915. The summed E-state index contributed by atoms with van der Waals surface area (Å²) in [6.45, 7) is 5.01. The number of hydrogen-bond donors (Lipinski definition) is 1. The van der Waals surface area contributed by atoms with Gasteiger partial charge < -0.3 is 15.2 Å². The minimum atomic E-state index is -0.133. The molecule has 4 heteroatoms. The van der Waals surface area contributed by atoms with Gasteiger partial charge in [-0.25, -0.2) is 0 Å². The highest BCUT2D eigenvalue weighted by Gasteiger charge is 2.35. The molecule has 0 saturated carbocycles. The second-order valence-corrected chi connectivity index (χ2v) is 5.93. The summed E-state index contributed by atoms with van der Waals surface area (Å²) in [6.07, 6.45) is 2.60. The smallest absolute Gasteiger partial charge is 0.123 e. The summed E-state index contributed by atoms with van der Waals surface area (Å²) in [7, 11) is 1.69. The van der Waals surface area contributed by atoms with Crippen LogP contribution in [0.3, 0.4) is 0 Å². The Balaban J connectivity index is 1.78. The van der Waals surface area contributed by atoms with Crippen molar-refractivity contribution in [2.75, 3.05) is 26.8 Å². The average Bonchev–Trinajstić information content (AvgIpc) is 2.93. The third-order valence-corrected chi connectivity index (χ3v) is 4.56. The number of benzene rings is 1. The molecule has 3 atom stereocenters. The number of nitrogens with zero attached hydrogens (tertiary/aromatic N) is 1. The first-order valence-corrected chi connectivity index (χ1v) is 7.45. The fraction of sp³-hybridized carbons (Fsp3) is 0.625. The summed E-state index contributed by atoms with van der Waals surface area (Å²) in [5, 5.41) is 0. The van der Waals surface area contributed by atoms with Crippen molar-refractivity contribution in [3.63, 3.8) is 0 Å². The van der Waals surface area contributed by atoms with Crippen molar-refractivity contribution in [2.24, 2.45) is 5.73 Å². The molecule has 2 aliphatic rings. The Morgan fingerprint density at radius 3 is 3.10 bits per heavy atom. The zero-order valence-electron chi connectivity index (χ0n) is 12.3. The molecule has 1 aromatic rings. The van der Waals surface area contributed by atoms with Crippen LogP contribution in [0.15, 0.2) is 18.2 Å². The summed E-state index contributed by atoms with van der Waals surface area (Å²) < 4.78 is 11.5. The Kier molecular flexibility index (Phi) is 3.96. The molecule has 0 aromatic heterocycles. The molecule has 3 rings (SSSR count). The summed E-state index contributed by atoms with van der Waals surface area (Å²) in [5.41, 5.74) is 8.72. The van der Waals surface area contributed by atoms with Gasteiger partial charge in [0.05, 0.1) is 25.9 Å². The molecule has 2 saturated heterocycles. The van der Waals surface area contributed by atoms with E-state index in [0.717, 1.165) is 24.5 Å². The molecule has 0 radical (unpaired) electrons. The Bertz CT molecular complexity index is 478. The lowest BCUT2D eigenvalue weighted by atomic mass is 9.97. The topological polar surface area (TPSA) is 47.7 Å². The SMILES string of the molecule is COc1ccc(C)cc1C(N)C1CN2CCCC2CO1. The van der Waals surface area contributed by atoms with Crippen LogP contribution in [-0.2, 0) is 4.74 Å². The van der Waals surface area contributed by atoms with E-state index in [1.54, 1.807) is 7.11 Å². The van der Waals surface area contributed by atoms with Crippen LogP contribution in [0.5, 0.6) is 5.75 Å².